The van der Waals surface area contributed by atoms with Crippen LogP contribution in [0.25, 0.3) is 0 Å². The van der Waals surface area contributed by atoms with Gasteiger partial charge in [-0.1, -0.05) is 6.92 Å². The van der Waals surface area contributed by atoms with Gasteiger partial charge in [0.15, 0.2) is 0 Å². The van der Waals surface area contributed by atoms with Crippen molar-refractivity contribution in [1.29, 1.82) is 0 Å². The Hall–Kier alpha value is -1.11. The molecule has 0 amide bonds. The largest absolute Gasteiger partial charge is 0.496 e. The van der Waals surface area contributed by atoms with Gasteiger partial charge in [0.1, 0.15) is 5.75 Å². The molecule has 0 aromatic heterocycles. The number of β-amino-alcohol motifs (C(OH)–C–C–N with tert-alkyl or cyclic N) is 1. The van der Waals surface area contributed by atoms with Gasteiger partial charge in [0.25, 0.3) is 0 Å². The molecule has 6 heteroatoms. The van der Waals surface area contributed by atoms with Crippen LogP contribution in [0.2, 0.25) is 0 Å². The quantitative estimate of drug-likeness (QED) is 0.922. The lowest BCUT2D eigenvalue weighted by Crippen LogP contribution is -2.45. The second kappa shape index (κ2) is 5.94. The van der Waals surface area contributed by atoms with Gasteiger partial charge in [-0.25, -0.2) is 8.42 Å². The van der Waals surface area contributed by atoms with Crippen LogP contribution in [-0.4, -0.2) is 44.1 Å². The van der Waals surface area contributed by atoms with Crippen molar-refractivity contribution in [3.05, 3.63) is 23.3 Å². The summed E-state index contributed by atoms with van der Waals surface area (Å²) in [7, 11) is -2.00. The fourth-order valence-electron chi connectivity index (χ4n) is 2.77. The number of hydrogen-bond donors (Lipinski definition) is 1. The highest BCUT2D eigenvalue weighted by molar-refractivity contribution is 7.89. The topological polar surface area (TPSA) is 66.8 Å². The summed E-state index contributed by atoms with van der Waals surface area (Å²) in [5.74, 6) is 0.844. The molecule has 5 nitrogen and oxygen atoms in total. The van der Waals surface area contributed by atoms with E-state index < -0.39 is 16.1 Å². The fraction of sp³-hybridized carbons (Fsp3) is 0.600. The molecule has 0 aliphatic carbocycles. The molecule has 21 heavy (non-hydrogen) atoms. The summed E-state index contributed by atoms with van der Waals surface area (Å²) in [5, 5.41) is 9.92. The summed E-state index contributed by atoms with van der Waals surface area (Å²) in [6.45, 7) is 6.21. The Balaban J connectivity index is 2.36. The molecule has 118 valence electrons. The number of aliphatic hydroxyl groups excluding tert-OH is 1. The molecule has 0 unspecified atom stereocenters. The van der Waals surface area contributed by atoms with E-state index in [-0.39, 0.29) is 17.4 Å². The Morgan fingerprint density at radius 1 is 1.29 bits per heavy atom. The van der Waals surface area contributed by atoms with Crippen molar-refractivity contribution < 1.29 is 18.3 Å². The highest BCUT2D eigenvalue weighted by Crippen LogP contribution is 2.29. The molecule has 1 N–H and O–H groups in total. The van der Waals surface area contributed by atoms with E-state index in [0.717, 1.165) is 11.1 Å². The van der Waals surface area contributed by atoms with E-state index in [1.54, 1.807) is 19.2 Å². The lowest BCUT2D eigenvalue weighted by Gasteiger charge is -2.33. The molecule has 1 aromatic rings. The van der Waals surface area contributed by atoms with Gasteiger partial charge in [0.05, 0.1) is 18.1 Å². The Labute approximate surface area is 126 Å². The maximum atomic E-state index is 12.7. The summed E-state index contributed by atoms with van der Waals surface area (Å²) in [5.41, 5.74) is 1.59. The van der Waals surface area contributed by atoms with Gasteiger partial charge in [-0.3, -0.25) is 0 Å². The molecule has 1 heterocycles. The smallest absolute Gasteiger partial charge is 0.243 e. The van der Waals surface area contributed by atoms with E-state index in [0.29, 0.717) is 18.7 Å². The van der Waals surface area contributed by atoms with Crippen molar-refractivity contribution in [2.24, 2.45) is 5.92 Å². The standard InChI is InChI=1S/C15H23NO4S/c1-10-5-6-16(9-14(10)17)21(18,19)13-7-11(2)15(20-4)12(3)8-13/h7-8,10,14,17H,5-6,9H2,1-4H3/t10-,14-/m0/s1. The third-order valence-corrected chi connectivity index (χ3v) is 6.00. The zero-order valence-corrected chi connectivity index (χ0v) is 13.8. The Morgan fingerprint density at radius 2 is 1.86 bits per heavy atom. The number of rotatable bonds is 3. The Bertz CT molecular complexity index is 604. The molecular weight excluding hydrogens is 290 g/mol. The van der Waals surface area contributed by atoms with Crippen molar-refractivity contribution in [1.82, 2.24) is 4.31 Å². The van der Waals surface area contributed by atoms with E-state index in [1.165, 1.54) is 4.31 Å². The van der Waals surface area contributed by atoms with Gasteiger partial charge >= 0.3 is 0 Å². The van der Waals surface area contributed by atoms with Crippen molar-refractivity contribution in [2.75, 3.05) is 20.2 Å². The van der Waals surface area contributed by atoms with Crippen LogP contribution < -0.4 is 4.74 Å². The number of methoxy groups -OCH3 is 1. The molecular formula is C15H23NO4S. The minimum absolute atomic E-state index is 0.135. The predicted octanol–water partition coefficient (Wildman–Crippen LogP) is 1.70. The van der Waals surface area contributed by atoms with Crippen molar-refractivity contribution >= 4 is 10.0 Å². The second-order valence-electron chi connectivity index (χ2n) is 5.79. The monoisotopic (exact) mass is 313 g/mol. The highest BCUT2D eigenvalue weighted by atomic mass is 32.2. The Morgan fingerprint density at radius 3 is 2.33 bits per heavy atom. The zero-order valence-electron chi connectivity index (χ0n) is 13.0. The number of nitrogens with zero attached hydrogens (tertiary/aromatic N) is 1. The van der Waals surface area contributed by atoms with E-state index >= 15 is 0 Å². The molecule has 0 saturated carbocycles. The molecule has 2 rings (SSSR count). The van der Waals surface area contributed by atoms with E-state index in [2.05, 4.69) is 0 Å². The van der Waals surface area contributed by atoms with Crippen molar-refractivity contribution in [3.63, 3.8) is 0 Å². The van der Waals surface area contributed by atoms with Crippen molar-refractivity contribution in [2.45, 2.75) is 38.2 Å². The molecule has 0 radical (unpaired) electrons. The second-order valence-corrected chi connectivity index (χ2v) is 7.72. The zero-order chi connectivity index (χ0) is 15.8. The van der Waals surface area contributed by atoms with Crippen LogP contribution in [0.4, 0.5) is 0 Å². The molecule has 0 spiro atoms. The van der Waals surface area contributed by atoms with E-state index in [9.17, 15) is 13.5 Å². The third kappa shape index (κ3) is 3.07. The molecule has 1 aliphatic rings. The van der Waals surface area contributed by atoms with E-state index in [1.807, 2.05) is 20.8 Å². The maximum absolute atomic E-state index is 12.7. The van der Waals surface area contributed by atoms with Crippen LogP contribution in [0.5, 0.6) is 5.75 Å². The molecule has 1 aliphatic heterocycles. The lowest BCUT2D eigenvalue weighted by atomic mass is 9.98. The van der Waals surface area contributed by atoms with Crippen LogP contribution in [0.1, 0.15) is 24.5 Å². The first-order valence-electron chi connectivity index (χ1n) is 7.10. The minimum Gasteiger partial charge on any atom is -0.496 e. The van der Waals surface area contributed by atoms with Crippen LogP contribution >= 0.6 is 0 Å². The number of aryl methyl sites for hydroxylation is 2. The van der Waals surface area contributed by atoms with Gasteiger partial charge in [0.2, 0.25) is 10.0 Å². The SMILES string of the molecule is COc1c(C)cc(S(=O)(=O)N2CC[C@H](C)[C@@H](O)C2)cc1C. The highest BCUT2D eigenvalue weighted by Gasteiger charge is 2.33. The van der Waals surface area contributed by atoms with Gasteiger partial charge in [-0.15, -0.1) is 0 Å². The maximum Gasteiger partial charge on any atom is 0.243 e. The summed E-state index contributed by atoms with van der Waals surface area (Å²) in [6.07, 6.45) is 0.0723. The number of aliphatic hydroxyl groups is 1. The summed E-state index contributed by atoms with van der Waals surface area (Å²) in [4.78, 5) is 0.264. The lowest BCUT2D eigenvalue weighted by molar-refractivity contribution is 0.0605. The van der Waals surface area contributed by atoms with Gasteiger partial charge < -0.3 is 9.84 Å². The molecule has 1 fully saturated rings. The van der Waals surface area contributed by atoms with Crippen LogP contribution in [0, 0.1) is 19.8 Å². The van der Waals surface area contributed by atoms with Crippen LogP contribution in [0.15, 0.2) is 17.0 Å². The van der Waals surface area contributed by atoms with Crippen LogP contribution in [-0.2, 0) is 10.0 Å². The number of benzene rings is 1. The first kappa shape index (κ1) is 16.3. The Kier molecular flexibility index (Phi) is 4.60. The summed E-state index contributed by atoms with van der Waals surface area (Å²) in [6, 6.07) is 3.26. The summed E-state index contributed by atoms with van der Waals surface area (Å²) < 4.78 is 32.1. The molecule has 1 saturated heterocycles. The van der Waals surface area contributed by atoms with Gasteiger partial charge in [-0.2, -0.15) is 4.31 Å². The average Bonchev–Trinajstić information content (AvgIpc) is 2.41. The van der Waals surface area contributed by atoms with E-state index in [4.69, 9.17) is 4.74 Å². The minimum atomic E-state index is -3.57. The van der Waals surface area contributed by atoms with Gasteiger partial charge in [-0.05, 0) is 49.4 Å². The van der Waals surface area contributed by atoms with Gasteiger partial charge in [0, 0.05) is 13.1 Å². The molecule has 0 bridgehead atoms. The number of hydrogen-bond acceptors (Lipinski definition) is 4. The number of sulfonamides is 1. The summed E-state index contributed by atoms with van der Waals surface area (Å²) >= 11 is 0. The predicted molar refractivity (Wildman–Crippen MR) is 81.0 cm³/mol. The number of ether oxygens (including phenoxy) is 1. The fourth-order valence-corrected chi connectivity index (χ4v) is 4.41. The average molecular weight is 313 g/mol. The number of piperidine rings is 1. The first-order chi connectivity index (χ1) is 9.77. The molecule has 2 atom stereocenters. The van der Waals surface area contributed by atoms with Crippen molar-refractivity contribution in [3.8, 4) is 5.75 Å². The molecule has 1 aromatic carbocycles. The third-order valence-electron chi connectivity index (χ3n) is 4.16. The normalized spacial score (nSPS) is 24.0. The van der Waals surface area contributed by atoms with Crippen LogP contribution in [0.3, 0.4) is 0 Å². The first-order valence-corrected chi connectivity index (χ1v) is 8.55.